The molecule has 2 heterocycles. The second-order valence-electron chi connectivity index (χ2n) is 3.64. The van der Waals surface area contributed by atoms with E-state index < -0.39 is 0 Å². The van der Waals surface area contributed by atoms with E-state index in [0.717, 1.165) is 15.9 Å². The van der Waals surface area contributed by atoms with Crippen LogP contribution in [0, 0.1) is 10.5 Å². The van der Waals surface area contributed by atoms with Gasteiger partial charge >= 0.3 is 0 Å². The summed E-state index contributed by atoms with van der Waals surface area (Å²) in [4.78, 5) is 15.9. The Kier molecular flexibility index (Phi) is 3.67. The molecule has 0 spiro atoms. The van der Waals surface area contributed by atoms with Crippen molar-refractivity contribution >= 4 is 38.5 Å². The Morgan fingerprint density at radius 1 is 1.53 bits per heavy atom. The normalized spacial score (nSPS) is 10.8. The van der Waals surface area contributed by atoms with Crippen molar-refractivity contribution in [2.75, 3.05) is 0 Å². The number of rotatable bonds is 2. The van der Waals surface area contributed by atoms with Crippen molar-refractivity contribution in [3.8, 4) is 0 Å². The first kappa shape index (κ1) is 12.7. The van der Waals surface area contributed by atoms with Gasteiger partial charge in [-0.25, -0.2) is 4.98 Å². The summed E-state index contributed by atoms with van der Waals surface area (Å²) in [6, 6.07) is 0. The van der Waals surface area contributed by atoms with Crippen LogP contribution in [0.1, 0.15) is 11.4 Å². The largest absolute Gasteiger partial charge is 0.292 e. The Balaban J connectivity index is 2.45. The number of nitrogens with zero attached hydrogens (tertiary/aromatic N) is 4. The van der Waals surface area contributed by atoms with Crippen molar-refractivity contribution in [1.82, 2.24) is 19.3 Å². The first-order valence-electron chi connectivity index (χ1n) is 4.88. The molecule has 0 fully saturated rings. The molecule has 0 aliphatic carbocycles. The van der Waals surface area contributed by atoms with Crippen LogP contribution in [0.15, 0.2) is 21.8 Å². The van der Waals surface area contributed by atoms with Crippen molar-refractivity contribution in [3.05, 3.63) is 42.3 Å². The van der Waals surface area contributed by atoms with Gasteiger partial charge in [0.1, 0.15) is 0 Å². The lowest BCUT2D eigenvalue weighted by Crippen LogP contribution is -2.24. The second-order valence-corrected chi connectivity index (χ2v) is 5.60. The molecule has 0 saturated heterocycles. The number of hydrogen-bond acceptors (Lipinski definition) is 3. The fourth-order valence-corrected chi connectivity index (χ4v) is 2.48. The molecule has 0 amide bonds. The van der Waals surface area contributed by atoms with Gasteiger partial charge in [-0.3, -0.25) is 14.0 Å². The minimum absolute atomic E-state index is 0.0358. The first-order valence-corrected chi connectivity index (χ1v) is 6.75. The van der Waals surface area contributed by atoms with Crippen LogP contribution in [0.25, 0.3) is 0 Å². The topological polar surface area (TPSA) is 52.7 Å². The van der Waals surface area contributed by atoms with Crippen LogP contribution in [0.5, 0.6) is 0 Å². The van der Waals surface area contributed by atoms with E-state index in [1.54, 1.807) is 21.8 Å². The third-order valence-electron chi connectivity index (χ3n) is 2.44. The zero-order valence-corrected chi connectivity index (χ0v) is 13.1. The summed E-state index contributed by atoms with van der Waals surface area (Å²) in [5.41, 5.74) is 1.83. The average molecular weight is 409 g/mol. The molecule has 2 aromatic rings. The molecule has 0 aromatic carbocycles. The lowest BCUT2D eigenvalue weighted by Gasteiger charge is -2.06. The van der Waals surface area contributed by atoms with Gasteiger partial charge in [-0.05, 0) is 45.4 Å². The molecule has 2 rings (SSSR count). The van der Waals surface area contributed by atoms with Crippen molar-refractivity contribution < 1.29 is 0 Å². The van der Waals surface area contributed by atoms with Gasteiger partial charge in [0, 0.05) is 13.2 Å². The summed E-state index contributed by atoms with van der Waals surface area (Å²) in [5.74, 6) is 0. The molecule has 90 valence electrons. The van der Waals surface area contributed by atoms with Crippen LogP contribution in [-0.4, -0.2) is 19.3 Å². The maximum atomic E-state index is 11.9. The maximum Gasteiger partial charge on any atom is 0.267 e. The van der Waals surface area contributed by atoms with Crippen LogP contribution in [0.4, 0.5) is 0 Å². The summed E-state index contributed by atoms with van der Waals surface area (Å²) in [5, 5.41) is 4.29. The molecule has 5 nitrogen and oxygen atoms in total. The van der Waals surface area contributed by atoms with Crippen LogP contribution < -0.4 is 5.56 Å². The van der Waals surface area contributed by atoms with Gasteiger partial charge in [0.2, 0.25) is 0 Å². The molecule has 17 heavy (non-hydrogen) atoms. The van der Waals surface area contributed by atoms with Crippen molar-refractivity contribution in [1.29, 1.82) is 0 Å². The Labute approximate surface area is 120 Å². The molecule has 7 heteroatoms. The monoisotopic (exact) mass is 408 g/mol. The van der Waals surface area contributed by atoms with E-state index >= 15 is 0 Å². The van der Waals surface area contributed by atoms with Crippen LogP contribution in [0.3, 0.4) is 0 Å². The lowest BCUT2D eigenvalue weighted by molar-refractivity contribution is 0.640. The van der Waals surface area contributed by atoms with Crippen molar-refractivity contribution in [2.45, 2.75) is 13.5 Å². The molecular formula is C10H10BrIN4O. The first-order chi connectivity index (χ1) is 8.00. The average Bonchev–Trinajstić information content (AvgIpc) is 2.51. The third kappa shape index (κ3) is 2.44. The molecule has 2 aromatic heterocycles. The van der Waals surface area contributed by atoms with Crippen molar-refractivity contribution in [2.24, 2.45) is 7.05 Å². The standard InChI is InChI=1S/C10H10BrIN4O/c1-6-9(11)8(15(2)14-6)4-16-5-13-3-7(12)10(16)17/h3,5H,4H2,1-2H3. The predicted molar refractivity (Wildman–Crippen MR) is 76.0 cm³/mol. The van der Waals surface area contributed by atoms with Crippen LogP contribution in [0.2, 0.25) is 0 Å². The summed E-state index contributed by atoms with van der Waals surface area (Å²) < 4.78 is 4.89. The third-order valence-corrected chi connectivity index (χ3v) is 4.21. The SMILES string of the molecule is Cc1nn(C)c(Cn2cncc(I)c2=O)c1Br. The van der Waals surface area contributed by atoms with E-state index in [-0.39, 0.29) is 5.56 Å². The minimum atomic E-state index is -0.0358. The van der Waals surface area contributed by atoms with E-state index in [2.05, 4.69) is 26.0 Å². The highest BCUT2D eigenvalue weighted by molar-refractivity contribution is 14.1. The van der Waals surface area contributed by atoms with Gasteiger partial charge in [0.05, 0.1) is 32.3 Å². The molecule has 0 aliphatic rings. The van der Waals surface area contributed by atoms with Crippen molar-refractivity contribution in [3.63, 3.8) is 0 Å². The van der Waals surface area contributed by atoms with Gasteiger partial charge in [0.25, 0.3) is 5.56 Å². The Hall–Kier alpha value is -0.700. The fraction of sp³-hybridized carbons (Fsp3) is 0.300. The molecule has 0 radical (unpaired) electrons. The zero-order valence-electron chi connectivity index (χ0n) is 9.31. The van der Waals surface area contributed by atoms with Crippen LogP contribution in [-0.2, 0) is 13.6 Å². The lowest BCUT2D eigenvalue weighted by atomic mass is 10.3. The van der Waals surface area contributed by atoms with E-state index in [1.165, 1.54) is 0 Å². The number of hydrogen-bond donors (Lipinski definition) is 0. The highest BCUT2D eigenvalue weighted by atomic mass is 127. The smallest absolute Gasteiger partial charge is 0.267 e. The summed E-state index contributed by atoms with van der Waals surface area (Å²) >= 11 is 5.47. The second kappa shape index (κ2) is 4.89. The molecule has 0 saturated carbocycles. The Morgan fingerprint density at radius 2 is 2.24 bits per heavy atom. The minimum Gasteiger partial charge on any atom is -0.292 e. The molecule has 0 bridgehead atoms. The number of aromatic nitrogens is 4. The highest BCUT2D eigenvalue weighted by Gasteiger charge is 2.12. The Morgan fingerprint density at radius 3 is 2.82 bits per heavy atom. The van der Waals surface area contributed by atoms with E-state index in [0.29, 0.717) is 10.1 Å². The summed E-state index contributed by atoms with van der Waals surface area (Å²) in [6.07, 6.45) is 3.10. The fourth-order valence-electron chi connectivity index (χ4n) is 1.55. The summed E-state index contributed by atoms with van der Waals surface area (Å²) in [6.45, 7) is 2.38. The van der Waals surface area contributed by atoms with Gasteiger partial charge < -0.3 is 0 Å². The molecular weight excluding hydrogens is 399 g/mol. The zero-order chi connectivity index (χ0) is 12.6. The number of aryl methyl sites for hydroxylation is 2. The van der Waals surface area contributed by atoms with Gasteiger partial charge in [-0.1, -0.05) is 0 Å². The summed E-state index contributed by atoms with van der Waals surface area (Å²) in [7, 11) is 1.86. The van der Waals surface area contributed by atoms with Crippen LogP contribution >= 0.6 is 38.5 Å². The van der Waals surface area contributed by atoms with Gasteiger partial charge in [0.15, 0.2) is 0 Å². The van der Waals surface area contributed by atoms with Gasteiger partial charge in [-0.2, -0.15) is 5.10 Å². The van der Waals surface area contributed by atoms with E-state index in [1.807, 2.05) is 36.6 Å². The van der Waals surface area contributed by atoms with E-state index in [9.17, 15) is 4.79 Å². The predicted octanol–water partition coefficient (Wildman–Crippen LogP) is 1.70. The number of halogens is 2. The van der Waals surface area contributed by atoms with E-state index in [4.69, 9.17) is 0 Å². The van der Waals surface area contributed by atoms with Gasteiger partial charge in [-0.15, -0.1) is 0 Å². The highest BCUT2D eigenvalue weighted by Crippen LogP contribution is 2.20. The molecule has 0 N–H and O–H groups in total. The quantitative estimate of drug-likeness (QED) is 0.710. The Bertz CT molecular complexity index is 619. The molecule has 0 aliphatic heterocycles. The molecule has 0 unspecified atom stereocenters. The molecule has 0 atom stereocenters. The maximum absolute atomic E-state index is 11.9.